The van der Waals surface area contributed by atoms with Crippen LogP contribution in [0.4, 0.5) is 0 Å². The van der Waals surface area contributed by atoms with Crippen LogP contribution in [0.5, 0.6) is 0 Å². The van der Waals surface area contributed by atoms with Gasteiger partial charge >= 0.3 is 5.63 Å². The molecule has 0 unspecified atom stereocenters. The highest BCUT2D eigenvalue weighted by molar-refractivity contribution is 6.02. The highest BCUT2D eigenvalue weighted by atomic mass is 16.4. The molecule has 19 heavy (non-hydrogen) atoms. The summed E-state index contributed by atoms with van der Waals surface area (Å²) in [6, 6.07) is 7.37. The lowest BCUT2D eigenvalue weighted by Gasteiger charge is -2.05. The van der Waals surface area contributed by atoms with Gasteiger partial charge in [0, 0.05) is 11.5 Å². The molecule has 0 aliphatic carbocycles. The molecule has 2 aromatic heterocycles. The van der Waals surface area contributed by atoms with E-state index in [2.05, 4.69) is 6.92 Å². The van der Waals surface area contributed by atoms with Gasteiger partial charge in [-0.15, -0.1) is 0 Å². The minimum atomic E-state index is -0.285. The summed E-state index contributed by atoms with van der Waals surface area (Å²) in [5.41, 5.74) is 2.18. The van der Waals surface area contributed by atoms with Gasteiger partial charge in [0.05, 0.1) is 11.6 Å². The molecule has 0 aliphatic heterocycles. The fraction of sp³-hybridized carbons (Fsp3) is 0.312. The Balaban J connectivity index is 2.18. The smallest absolute Gasteiger partial charge is 0.336 e. The summed E-state index contributed by atoms with van der Waals surface area (Å²) in [7, 11) is 0. The third-order valence-electron chi connectivity index (χ3n) is 3.48. The van der Waals surface area contributed by atoms with Crippen molar-refractivity contribution in [3.8, 4) is 0 Å². The summed E-state index contributed by atoms with van der Waals surface area (Å²) in [6.07, 6.45) is 5.98. The van der Waals surface area contributed by atoms with Gasteiger partial charge in [-0.2, -0.15) is 0 Å². The van der Waals surface area contributed by atoms with Crippen LogP contribution in [0.25, 0.3) is 21.9 Å². The zero-order chi connectivity index (χ0) is 13.2. The number of benzene rings is 1. The number of aryl methyl sites for hydroxylation is 1. The number of fused-ring (bicyclic) bond motifs is 3. The zero-order valence-electron chi connectivity index (χ0n) is 10.9. The maximum atomic E-state index is 11.7. The molecule has 0 spiro atoms. The Hall–Kier alpha value is -2.03. The summed E-state index contributed by atoms with van der Waals surface area (Å²) in [6.45, 7) is 2.17. The number of unbranched alkanes of at least 4 members (excludes halogenated alkanes) is 2. The molecule has 0 N–H and O–H groups in total. The van der Waals surface area contributed by atoms with Crippen LogP contribution in [0.15, 0.2) is 44.2 Å². The van der Waals surface area contributed by atoms with Crippen LogP contribution in [-0.2, 0) is 6.42 Å². The Kier molecular flexibility index (Phi) is 3.11. The van der Waals surface area contributed by atoms with Gasteiger partial charge in [0.1, 0.15) is 11.2 Å². The minimum absolute atomic E-state index is 0.285. The molecule has 98 valence electrons. The Bertz CT molecular complexity index is 764. The molecular weight excluding hydrogens is 240 g/mol. The molecule has 2 heterocycles. The normalized spacial score (nSPS) is 11.4. The average molecular weight is 256 g/mol. The summed E-state index contributed by atoms with van der Waals surface area (Å²) < 4.78 is 10.7. The van der Waals surface area contributed by atoms with Crippen molar-refractivity contribution in [2.24, 2.45) is 0 Å². The summed E-state index contributed by atoms with van der Waals surface area (Å²) in [5, 5.41) is 1.89. The number of furan rings is 1. The van der Waals surface area contributed by atoms with Gasteiger partial charge in [-0.25, -0.2) is 4.79 Å². The van der Waals surface area contributed by atoms with Crippen molar-refractivity contribution in [1.82, 2.24) is 0 Å². The number of hydrogen-bond acceptors (Lipinski definition) is 3. The molecule has 0 atom stereocenters. The zero-order valence-corrected chi connectivity index (χ0v) is 10.9. The molecule has 3 heteroatoms. The van der Waals surface area contributed by atoms with Crippen LogP contribution in [0.3, 0.4) is 0 Å². The van der Waals surface area contributed by atoms with Crippen molar-refractivity contribution in [1.29, 1.82) is 0 Å². The maximum Gasteiger partial charge on any atom is 0.336 e. The third kappa shape index (κ3) is 2.16. The third-order valence-corrected chi connectivity index (χ3v) is 3.48. The van der Waals surface area contributed by atoms with E-state index in [1.54, 1.807) is 12.3 Å². The topological polar surface area (TPSA) is 43.4 Å². The lowest BCUT2D eigenvalue weighted by molar-refractivity contribution is 0.560. The van der Waals surface area contributed by atoms with Crippen molar-refractivity contribution in [2.75, 3.05) is 0 Å². The van der Waals surface area contributed by atoms with E-state index in [-0.39, 0.29) is 5.63 Å². The first kappa shape index (κ1) is 12.0. The molecule has 3 nitrogen and oxygen atoms in total. The molecule has 0 radical (unpaired) electrons. The lowest BCUT2D eigenvalue weighted by atomic mass is 10.0. The standard InChI is InChI=1S/C16H16O3/c1-2-3-4-5-11-10-15(17)19-16-12(11)6-7-14-13(16)8-9-18-14/h6-10H,2-5H2,1H3. The fourth-order valence-electron chi connectivity index (χ4n) is 2.50. The van der Waals surface area contributed by atoms with E-state index in [0.717, 1.165) is 34.8 Å². The van der Waals surface area contributed by atoms with Crippen molar-refractivity contribution in [2.45, 2.75) is 32.6 Å². The number of rotatable bonds is 4. The Labute approximate surface area is 110 Å². The van der Waals surface area contributed by atoms with Crippen LogP contribution in [0.2, 0.25) is 0 Å². The first-order chi connectivity index (χ1) is 9.29. The molecule has 0 fully saturated rings. The second-order valence-corrected chi connectivity index (χ2v) is 4.82. The SMILES string of the molecule is CCCCCc1cc(=O)oc2c1ccc1occc12. The summed E-state index contributed by atoms with van der Waals surface area (Å²) >= 11 is 0. The van der Waals surface area contributed by atoms with E-state index in [1.165, 1.54) is 12.8 Å². The lowest BCUT2D eigenvalue weighted by Crippen LogP contribution is -2.01. The first-order valence-electron chi connectivity index (χ1n) is 6.72. The van der Waals surface area contributed by atoms with E-state index >= 15 is 0 Å². The monoisotopic (exact) mass is 256 g/mol. The quantitative estimate of drug-likeness (QED) is 0.517. The van der Waals surface area contributed by atoms with Crippen molar-refractivity contribution in [3.63, 3.8) is 0 Å². The molecule has 0 aliphatic rings. The molecule has 3 aromatic rings. The largest absolute Gasteiger partial charge is 0.464 e. The van der Waals surface area contributed by atoms with Gasteiger partial charge in [-0.3, -0.25) is 0 Å². The average Bonchev–Trinajstić information content (AvgIpc) is 2.87. The predicted octanol–water partition coefficient (Wildman–Crippen LogP) is 4.27. The van der Waals surface area contributed by atoms with Crippen molar-refractivity contribution < 1.29 is 8.83 Å². The molecule has 1 aromatic carbocycles. The van der Waals surface area contributed by atoms with Gasteiger partial charge in [0.15, 0.2) is 0 Å². The maximum absolute atomic E-state index is 11.7. The van der Waals surface area contributed by atoms with Gasteiger partial charge in [0.25, 0.3) is 0 Å². The van der Waals surface area contributed by atoms with E-state index in [0.29, 0.717) is 5.58 Å². The minimum Gasteiger partial charge on any atom is -0.464 e. The van der Waals surface area contributed by atoms with Crippen molar-refractivity contribution in [3.05, 3.63) is 46.5 Å². The van der Waals surface area contributed by atoms with Crippen LogP contribution in [-0.4, -0.2) is 0 Å². The highest BCUT2D eigenvalue weighted by Crippen LogP contribution is 2.27. The molecule has 0 amide bonds. The van der Waals surface area contributed by atoms with Crippen molar-refractivity contribution >= 4 is 21.9 Å². The van der Waals surface area contributed by atoms with E-state index in [4.69, 9.17) is 8.83 Å². The molecule has 0 saturated heterocycles. The van der Waals surface area contributed by atoms with Gasteiger partial charge in [0.2, 0.25) is 0 Å². The van der Waals surface area contributed by atoms with Crippen LogP contribution >= 0.6 is 0 Å². The van der Waals surface area contributed by atoms with Gasteiger partial charge in [-0.05, 0) is 36.6 Å². The second kappa shape index (κ2) is 4.92. The Morgan fingerprint density at radius 3 is 2.84 bits per heavy atom. The van der Waals surface area contributed by atoms with Crippen LogP contribution in [0.1, 0.15) is 31.7 Å². The Morgan fingerprint density at radius 2 is 2.00 bits per heavy atom. The van der Waals surface area contributed by atoms with Crippen LogP contribution < -0.4 is 5.63 Å². The number of hydrogen-bond donors (Lipinski definition) is 0. The predicted molar refractivity (Wildman–Crippen MR) is 75.5 cm³/mol. The fourth-order valence-corrected chi connectivity index (χ4v) is 2.50. The Morgan fingerprint density at radius 1 is 1.11 bits per heavy atom. The summed E-state index contributed by atoms with van der Waals surface area (Å²) in [5.74, 6) is 0. The van der Waals surface area contributed by atoms with E-state index < -0.39 is 0 Å². The summed E-state index contributed by atoms with van der Waals surface area (Å²) in [4.78, 5) is 11.7. The molecule has 0 bridgehead atoms. The second-order valence-electron chi connectivity index (χ2n) is 4.82. The van der Waals surface area contributed by atoms with Gasteiger partial charge < -0.3 is 8.83 Å². The van der Waals surface area contributed by atoms with Gasteiger partial charge in [-0.1, -0.05) is 19.8 Å². The first-order valence-corrected chi connectivity index (χ1v) is 6.72. The molecule has 0 saturated carbocycles. The van der Waals surface area contributed by atoms with E-state index in [1.807, 2.05) is 18.2 Å². The van der Waals surface area contributed by atoms with E-state index in [9.17, 15) is 4.79 Å². The highest BCUT2D eigenvalue weighted by Gasteiger charge is 2.10. The molecule has 3 rings (SSSR count). The molecular formula is C16H16O3. The van der Waals surface area contributed by atoms with Crippen LogP contribution in [0, 0.1) is 0 Å².